The van der Waals surface area contributed by atoms with E-state index in [9.17, 15) is 19.7 Å². The first-order valence-electron chi connectivity index (χ1n) is 8.77. The fourth-order valence-corrected chi connectivity index (χ4v) is 2.79. The van der Waals surface area contributed by atoms with Crippen LogP contribution in [0.1, 0.15) is 26.3 Å². The van der Waals surface area contributed by atoms with E-state index in [-0.39, 0.29) is 28.1 Å². The van der Waals surface area contributed by atoms with E-state index >= 15 is 0 Å². The molecule has 0 N–H and O–H groups in total. The summed E-state index contributed by atoms with van der Waals surface area (Å²) in [6, 6.07) is 16.1. The lowest BCUT2D eigenvalue weighted by Gasteiger charge is -2.12. The molecule has 3 aromatic rings. The van der Waals surface area contributed by atoms with Gasteiger partial charge in [-0.25, -0.2) is 4.79 Å². The second kappa shape index (κ2) is 8.87. The van der Waals surface area contributed by atoms with Crippen molar-refractivity contribution in [3.8, 4) is 17.2 Å². The first-order valence-corrected chi connectivity index (χ1v) is 8.77. The zero-order valence-corrected chi connectivity index (χ0v) is 16.2. The first-order chi connectivity index (χ1) is 14.4. The Labute approximate surface area is 171 Å². The van der Waals surface area contributed by atoms with Crippen LogP contribution in [-0.2, 0) is 0 Å². The van der Waals surface area contributed by atoms with Crippen LogP contribution in [0.2, 0.25) is 0 Å². The van der Waals surface area contributed by atoms with Crippen LogP contribution in [0.5, 0.6) is 17.2 Å². The van der Waals surface area contributed by atoms with Crippen LogP contribution >= 0.6 is 0 Å². The maximum Gasteiger partial charge on any atom is 0.344 e. The zero-order valence-electron chi connectivity index (χ0n) is 16.2. The number of ketones is 1. The van der Waals surface area contributed by atoms with Crippen molar-refractivity contribution in [1.29, 1.82) is 0 Å². The second-order valence-corrected chi connectivity index (χ2v) is 6.08. The fourth-order valence-electron chi connectivity index (χ4n) is 2.79. The number of benzene rings is 3. The lowest BCUT2D eigenvalue weighted by Crippen LogP contribution is -2.15. The molecule has 8 heteroatoms. The fraction of sp³-hybridized carbons (Fsp3) is 0.0909. The van der Waals surface area contributed by atoms with Crippen LogP contribution in [0.15, 0.2) is 66.7 Å². The molecule has 0 radical (unpaired) electrons. The van der Waals surface area contributed by atoms with Gasteiger partial charge >= 0.3 is 5.97 Å². The molecular formula is C22H17NO7. The Morgan fingerprint density at radius 2 is 1.43 bits per heavy atom. The Morgan fingerprint density at radius 1 is 0.800 bits per heavy atom. The number of ether oxygens (including phenoxy) is 3. The number of rotatable bonds is 7. The number of esters is 1. The van der Waals surface area contributed by atoms with Crippen molar-refractivity contribution in [1.82, 2.24) is 0 Å². The summed E-state index contributed by atoms with van der Waals surface area (Å²) >= 11 is 0. The molecule has 0 spiro atoms. The zero-order chi connectivity index (χ0) is 21.7. The van der Waals surface area contributed by atoms with E-state index in [1.165, 1.54) is 56.7 Å². The van der Waals surface area contributed by atoms with Gasteiger partial charge in [-0.1, -0.05) is 18.2 Å². The van der Waals surface area contributed by atoms with Gasteiger partial charge < -0.3 is 14.2 Å². The molecule has 8 nitrogen and oxygen atoms in total. The molecule has 0 saturated heterocycles. The van der Waals surface area contributed by atoms with E-state index in [1.54, 1.807) is 24.3 Å². The molecule has 0 aromatic heterocycles. The van der Waals surface area contributed by atoms with E-state index in [2.05, 4.69) is 0 Å². The molecule has 0 heterocycles. The van der Waals surface area contributed by atoms with E-state index in [4.69, 9.17) is 14.2 Å². The van der Waals surface area contributed by atoms with E-state index < -0.39 is 16.7 Å². The van der Waals surface area contributed by atoms with Crippen molar-refractivity contribution >= 4 is 17.4 Å². The monoisotopic (exact) mass is 408 g/mol. The molecule has 0 aliphatic heterocycles. The smallest absolute Gasteiger partial charge is 0.344 e. The number of nitrogens with zero attached hydrogens (tertiary/aromatic N) is 1. The van der Waals surface area contributed by atoms with Gasteiger partial charge in [0.15, 0.2) is 5.78 Å². The normalized spacial score (nSPS) is 10.2. The molecule has 0 atom stereocenters. The van der Waals surface area contributed by atoms with Crippen molar-refractivity contribution < 1.29 is 28.7 Å². The van der Waals surface area contributed by atoms with Crippen LogP contribution in [0.4, 0.5) is 5.69 Å². The number of carbonyl (C=O) groups is 2. The third kappa shape index (κ3) is 4.27. The van der Waals surface area contributed by atoms with Gasteiger partial charge in [-0.2, -0.15) is 0 Å². The van der Waals surface area contributed by atoms with Gasteiger partial charge in [0, 0.05) is 17.7 Å². The van der Waals surface area contributed by atoms with Crippen LogP contribution in [0.25, 0.3) is 0 Å². The Bertz CT molecular complexity index is 1110. The summed E-state index contributed by atoms with van der Waals surface area (Å²) in [4.78, 5) is 36.1. The topological polar surface area (TPSA) is 105 Å². The third-order valence-electron chi connectivity index (χ3n) is 4.30. The van der Waals surface area contributed by atoms with Crippen LogP contribution in [-0.4, -0.2) is 30.9 Å². The number of nitro groups is 1. The second-order valence-electron chi connectivity index (χ2n) is 6.08. The maximum atomic E-state index is 13.2. The average Bonchev–Trinajstić information content (AvgIpc) is 2.78. The number of methoxy groups -OCH3 is 2. The SMILES string of the molecule is COc1ccc(O[13CH3])c(C(=O)c2ccccc2C(=O)Oc2ccc([N+](=O)[O-])cc2)c1. The van der Waals surface area contributed by atoms with Crippen LogP contribution < -0.4 is 14.2 Å². The summed E-state index contributed by atoms with van der Waals surface area (Å²) in [6.07, 6.45) is 0. The predicted molar refractivity (Wildman–Crippen MR) is 107 cm³/mol. The molecule has 0 aliphatic carbocycles. The molecule has 30 heavy (non-hydrogen) atoms. The molecule has 0 bridgehead atoms. The maximum absolute atomic E-state index is 13.2. The molecular weight excluding hydrogens is 391 g/mol. The minimum absolute atomic E-state index is 0.0470. The largest absolute Gasteiger partial charge is 0.497 e. The van der Waals surface area contributed by atoms with E-state index in [0.29, 0.717) is 11.5 Å². The van der Waals surface area contributed by atoms with Gasteiger partial charge in [0.05, 0.1) is 30.3 Å². The standard InChI is InChI=1S/C22H17NO7/c1-28-16-11-12-20(29-2)19(13-16)21(24)17-5-3-4-6-18(17)22(25)30-15-9-7-14(8-10-15)23(26)27/h3-13H,1-2H3/i2+1. The van der Waals surface area contributed by atoms with Crippen LogP contribution in [0.3, 0.4) is 0 Å². The molecule has 0 fully saturated rings. The number of hydrogen-bond donors (Lipinski definition) is 0. The highest BCUT2D eigenvalue weighted by atomic mass is 16.6. The summed E-state index contributed by atoms with van der Waals surface area (Å²) in [5, 5.41) is 10.7. The van der Waals surface area contributed by atoms with Crippen molar-refractivity contribution in [2.45, 2.75) is 0 Å². The average molecular weight is 408 g/mol. The molecule has 152 valence electrons. The summed E-state index contributed by atoms with van der Waals surface area (Å²) < 4.78 is 15.7. The minimum Gasteiger partial charge on any atom is -0.497 e. The van der Waals surface area contributed by atoms with Gasteiger partial charge in [-0.15, -0.1) is 0 Å². The third-order valence-corrected chi connectivity index (χ3v) is 4.30. The highest BCUT2D eigenvalue weighted by Gasteiger charge is 2.23. The molecule has 3 rings (SSSR count). The predicted octanol–water partition coefficient (Wildman–Crippen LogP) is 4.06. The van der Waals surface area contributed by atoms with Gasteiger partial charge in [0.25, 0.3) is 5.69 Å². The molecule has 3 aromatic carbocycles. The molecule has 0 aliphatic rings. The van der Waals surface area contributed by atoms with Crippen molar-refractivity contribution in [3.63, 3.8) is 0 Å². The van der Waals surface area contributed by atoms with Gasteiger partial charge in [0.1, 0.15) is 17.2 Å². The molecule has 0 amide bonds. The minimum atomic E-state index is -0.769. The quantitative estimate of drug-likeness (QED) is 0.145. The highest BCUT2D eigenvalue weighted by Crippen LogP contribution is 2.28. The van der Waals surface area contributed by atoms with E-state index in [0.717, 1.165) is 0 Å². The van der Waals surface area contributed by atoms with Crippen molar-refractivity contribution in [3.05, 3.63) is 93.5 Å². The van der Waals surface area contributed by atoms with Gasteiger partial charge in [0.2, 0.25) is 0 Å². The number of hydrogen-bond acceptors (Lipinski definition) is 7. The van der Waals surface area contributed by atoms with Crippen molar-refractivity contribution in [2.75, 3.05) is 14.2 Å². The Balaban J connectivity index is 1.93. The van der Waals surface area contributed by atoms with E-state index in [1.807, 2.05) is 0 Å². The summed E-state index contributed by atoms with van der Waals surface area (Å²) in [7, 11) is 2.92. The van der Waals surface area contributed by atoms with Gasteiger partial charge in [-0.3, -0.25) is 14.9 Å². The molecule has 0 unspecified atom stereocenters. The Morgan fingerprint density at radius 3 is 2.03 bits per heavy atom. The molecule has 0 saturated carbocycles. The van der Waals surface area contributed by atoms with Gasteiger partial charge in [-0.05, 0) is 36.4 Å². The summed E-state index contributed by atoms with van der Waals surface area (Å²) in [5.74, 6) is -0.298. The van der Waals surface area contributed by atoms with Crippen LogP contribution in [0, 0.1) is 10.1 Å². The lowest BCUT2D eigenvalue weighted by molar-refractivity contribution is -0.384. The van der Waals surface area contributed by atoms with Crippen molar-refractivity contribution in [2.24, 2.45) is 0 Å². The summed E-state index contributed by atoms with van der Waals surface area (Å²) in [5.41, 5.74) is 0.268. The Kier molecular flexibility index (Phi) is 6.07. The number of carbonyl (C=O) groups excluding carboxylic acids is 2. The number of nitro benzene ring substituents is 1. The first kappa shape index (κ1) is 20.5. The Hall–Kier alpha value is -4.20. The summed E-state index contributed by atoms with van der Waals surface area (Å²) in [6.45, 7) is 0. The number of non-ortho nitro benzene ring substituents is 1. The highest BCUT2D eigenvalue weighted by molar-refractivity contribution is 6.16. The lowest BCUT2D eigenvalue weighted by atomic mass is 9.97.